The average molecular weight is 247 g/mol. The van der Waals surface area contributed by atoms with Gasteiger partial charge in [0.15, 0.2) is 11.6 Å². The van der Waals surface area contributed by atoms with E-state index >= 15 is 0 Å². The molecule has 0 saturated heterocycles. The molecular weight excluding hydrogens is 240 g/mol. The van der Waals surface area contributed by atoms with Gasteiger partial charge in [-0.1, -0.05) is 0 Å². The molecule has 2 N–H and O–H groups in total. The third-order valence-corrected chi connectivity index (χ3v) is 2.11. The lowest BCUT2D eigenvalue weighted by Gasteiger charge is -2.07. The van der Waals surface area contributed by atoms with E-state index in [1.54, 1.807) is 0 Å². The van der Waals surface area contributed by atoms with E-state index in [4.69, 9.17) is 15.7 Å². The third-order valence-electron chi connectivity index (χ3n) is 2.11. The molecule has 2 aromatic rings. The number of nitrogens with two attached hydrogens (primary N) is 1. The number of nitrogen functional groups attached to an aromatic ring is 1. The number of nitriles is 1. The number of benzene rings is 1. The summed E-state index contributed by atoms with van der Waals surface area (Å²) in [7, 11) is 0. The fraction of sp³-hybridized carbons (Fsp3) is 0. The predicted molar refractivity (Wildman–Crippen MR) is 59.8 cm³/mol. The summed E-state index contributed by atoms with van der Waals surface area (Å²) < 4.78 is 31.1. The largest absolute Gasteiger partial charge is 0.434 e. The monoisotopic (exact) mass is 247 g/mol. The molecule has 0 amide bonds. The second-order valence-corrected chi connectivity index (χ2v) is 3.41. The minimum Gasteiger partial charge on any atom is -0.434 e. The molecule has 1 aromatic carbocycles. The first-order valence-electron chi connectivity index (χ1n) is 4.88. The van der Waals surface area contributed by atoms with E-state index in [1.807, 2.05) is 6.07 Å². The molecule has 2 rings (SSSR count). The molecule has 0 aliphatic heterocycles. The van der Waals surface area contributed by atoms with Gasteiger partial charge in [0.05, 0.1) is 11.3 Å². The van der Waals surface area contributed by atoms with Crippen LogP contribution >= 0.6 is 0 Å². The van der Waals surface area contributed by atoms with Gasteiger partial charge in [-0.25, -0.2) is 13.8 Å². The van der Waals surface area contributed by atoms with Gasteiger partial charge in [0.2, 0.25) is 5.88 Å². The highest BCUT2D eigenvalue weighted by Gasteiger charge is 2.10. The van der Waals surface area contributed by atoms with Crippen molar-refractivity contribution in [2.24, 2.45) is 0 Å². The van der Waals surface area contributed by atoms with Gasteiger partial charge in [-0.05, 0) is 18.2 Å². The lowest BCUT2D eigenvalue weighted by atomic mass is 10.3. The van der Waals surface area contributed by atoms with E-state index in [1.165, 1.54) is 12.3 Å². The number of anilines is 1. The molecule has 0 fully saturated rings. The number of hydrogen-bond acceptors (Lipinski definition) is 4. The van der Waals surface area contributed by atoms with Gasteiger partial charge in [0, 0.05) is 12.3 Å². The molecule has 0 bridgehead atoms. The summed E-state index contributed by atoms with van der Waals surface area (Å²) in [5.41, 5.74) is 5.95. The Hall–Kier alpha value is -2.68. The number of halogens is 2. The fourth-order valence-electron chi connectivity index (χ4n) is 1.28. The number of pyridine rings is 1. The summed E-state index contributed by atoms with van der Waals surface area (Å²) in [5, 5.41) is 8.63. The molecule has 0 atom stereocenters. The molecule has 1 aromatic heterocycles. The van der Waals surface area contributed by atoms with Crippen molar-refractivity contribution in [1.82, 2.24) is 4.98 Å². The number of ether oxygens (including phenoxy) is 1. The summed E-state index contributed by atoms with van der Waals surface area (Å²) >= 11 is 0. The maximum Gasteiger partial charge on any atom is 0.242 e. The van der Waals surface area contributed by atoms with Crippen LogP contribution in [-0.2, 0) is 0 Å². The predicted octanol–water partition coefficient (Wildman–Crippen LogP) is 2.61. The van der Waals surface area contributed by atoms with Gasteiger partial charge in [-0.3, -0.25) is 0 Å². The van der Waals surface area contributed by atoms with Crippen molar-refractivity contribution in [3.63, 3.8) is 0 Å². The van der Waals surface area contributed by atoms with Crippen molar-refractivity contribution in [3.05, 3.63) is 47.7 Å². The van der Waals surface area contributed by atoms with E-state index in [2.05, 4.69) is 4.98 Å². The van der Waals surface area contributed by atoms with Gasteiger partial charge in [-0.15, -0.1) is 0 Å². The van der Waals surface area contributed by atoms with Crippen LogP contribution in [0.2, 0.25) is 0 Å². The van der Waals surface area contributed by atoms with Crippen LogP contribution in [0.4, 0.5) is 14.5 Å². The third kappa shape index (κ3) is 2.35. The number of rotatable bonds is 2. The van der Waals surface area contributed by atoms with Gasteiger partial charge in [-0.2, -0.15) is 5.26 Å². The summed E-state index contributed by atoms with van der Waals surface area (Å²) in [6.45, 7) is 0. The number of aromatic nitrogens is 1. The van der Waals surface area contributed by atoms with E-state index in [0.29, 0.717) is 6.07 Å². The average Bonchev–Trinajstić information content (AvgIpc) is 2.34. The molecule has 0 radical (unpaired) electrons. The van der Waals surface area contributed by atoms with Crippen LogP contribution in [-0.4, -0.2) is 4.98 Å². The minimum absolute atomic E-state index is 0.0421. The lowest BCUT2D eigenvalue weighted by molar-refractivity contribution is 0.425. The van der Waals surface area contributed by atoms with Crippen LogP contribution in [0, 0.1) is 23.0 Å². The highest BCUT2D eigenvalue weighted by Crippen LogP contribution is 2.27. The smallest absolute Gasteiger partial charge is 0.242 e. The standard InChI is InChI=1S/C12H7F2N3O/c13-8-1-2-11(9(14)4-8)18-12-10(16)3-7(5-15)6-17-12/h1-4,6H,16H2. The molecule has 90 valence electrons. The van der Waals surface area contributed by atoms with Crippen molar-refractivity contribution in [2.75, 3.05) is 5.73 Å². The second-order valence-electron chi connectivity index (χ2n) is 3.41. The van der Waals surface area contributed by atoms with Gasteiger partial charge < -0.3 is 10.5 Å². The highest BCUT2D eigenvalue weighted by molar-refractivity contribution is 5.53. The Balaban J connectivity index is 2.32. The maximum absolute atomic E-state index is 13.3. The van der Waals surface area contributed by atoms with Gasteiger partial charge in [0.25, 0.3) is 0 Å². The summed E-state index contributed by atoms with van der Waals surface area (Å²) in [6, 6.07) is 6.08. The highest BCUT2D eigenvalue weighted by atomic mass is 19.1. The zero-order valence-electron chi connectivity index (χ0n) is 9.02. The SMILES string of the molecule is N#Cc1cnc(Oc2ccc(F)cc2F)c(N)c1. The minimum atomic E-state index is -0.861. The first-order chi connectivity index (χ1) is 8.60. The van der Waals surface area contributed by atoms with Gasteiger partial charge in [0.1, 0.15) is 11.9 Å². The Labute approximate surface area is 101 Å². The summed E-state index contributed by atoms with van der Waals surface area (Å²) in [5.74, 6) is -1.80. The van der Waals surface area contributed by atoms with Crippen molar-refractivity contribution < 1.29 is 13.5 Å². The molecular formula is C12H7F2N3O. The Morgan fingerprint density at radius 3 is 2.67 bits per heavy atom. The molecule has 18 heavy (non-hydrogen) atoms. The fourth-order valence-corrected chi connectivity index (χ4v) is 1.28. The normalized spacial score (nSPS) is 9.83. The molecule has 0 saturated carbocycles. The van der Waals surface area contributed by atoms with Crippen molar-refractivity contribution in [3.8, 4) is 17.7 Å². The molecule has 0 spiro atoms. The Morgan fingerprint density at radius 1 is 1.28 bits per heavy atom. The molecule has 1 heterocycles. The van der Waals surface area contributed by atoms with E-state index in [0.717, 1.165) is 12.1 Å². The molecule has 0 aliphatic rings. The van der Waals surface area contributed by atoms with Crippen molar-refractivity contribution >= 4 is 5.69 Å². The molecule has 0 unspecified atom stereocenters. The van der Waals surface area contributed by atoms with Crippen LogP contribution in [0.15, 0.2) is 30.5 Å². The number of nitrogens with zero attached hydrogens (tertiary/aromatic N) is 2. The molecule has 6 heteroatoms. The van der Waals surface area contributed by atoms with Crippen molar-refractivity contribution in [1.29, 1.82) is 5.26 Å². The van der Waals surface area contributed by atoms with Crippen LogP contribution in [0.1, 0.15) is 5.56 Å². The van der Waals surface area contributed by atoms with Gasteiger partial charge >= 0.3 is 0 Å². The lowest BCUT2D eigenvalue weighted by Crippen LogP contribution is -1.97. The summed E-state index contributed by atoms with van der Waals surface area (Å²) in [6.07, 6.45) is 1.24. The Morgan fingerprint density at radius 2 is 2.06 bits per heavy atom. The van der Waals surface area contributed by atoms with Crippen LogP contribution in [0.25, 0.3) is 0 Å². The Bertz CT molecular complexity index is 638. The van der Waals surface area contributed by atoms with Crippen LogP contribution in [0.5, 0.6) is 11.6 Å². The Kier molecular flexibility index (Phi) is 3.06. The molecule has 0 aliphatic carbocycles. The van der Waals surface area contributed by atoms with Crippen LogP contribution < -0.4 is 10.5 Å². The first kappa shape index (κ1) is 11.8. The second kappa shape index (κ2) is 4.67. The quantitative estimate of drug-likeness (QED) is 0.885. The number of hydrogen-bond donors (Lipinski definition) is 1. The zero-order valence-corrected chi connectivity index (χ0v) is 9.02. The molecule has 4 nitrogen and oxygen atoms in total. The topological polar surface area (TPSA) is 71.9 Å². The maximum atomic E-state index is 13.3. The van der Waals surface area contributed by atoms with E-state index < -0.39 is 11.6 Å². The van der Waals surface area contributed by atoms with E-state index in [9.17, 15) is 8.78 Å². The van der Waals surface area contributed by atoms with Crippen molar-refractivity contribution in [2.45, 2.75) is 0 Å². The zero-order chi connectivity index (χ0) is 13.1. The van der Waals surface area contributed by atoms with Crippen LogP contribution in [0.3, 0.4) is 0 Å². The first-order valence-corrected chi connectivity index (χ1v) is 4.88. The summed E-state index contributed by atoms with van der Waals surface area (Å²) in [4.78, 5) is 3.78. The van der Waals surface area contributed by atoms with E-state index in [-0.39, 0.29) is 22.9 Å².